The lowest BCUT2D eigenvalue weighted by Gasteiger charge is -2.17. The van der Waals surface area contributed by atoms with Crippen LogP contribution in [0.3, 0.4) is 0 Å². The van der Waals surface area contributed by atoms with Gasteiger partial charge in [0.2, 0.25) is 0 Å². The molecule has 1 heterocycles. The highest BCUT2D eigenvalue weighted by atomic mass is 32.1. The fourth-order valence-corrected chi connectivity index (χ4v) is 2.89. The number of thiazole rings is 1. The molecule has 0 spiro atoms. The number of aliphatic hydroxyl groups excluding tert-OH is 1. The van der Waals surface area contributed by atoms with Crippen LogP contribution in [0.4, 0.5) is 0 Å². The van der Waals surface area contributed by atoms with E-state index in [1.54, 1.807) is 13.3 Å². The molecule has 0 radical (unpaired) electrons. The number of hydrogen-bond donors (Lipinski definition) is 1. The van der Waals surface area contributed by atoms with Gasteiger partial charge in [-0.2, -0.15) is 0 Å². The van der Waals surface area contributed by atoms with Gasteiger partial charge >= 0.3 is 0 Å². The van der Waals surface area contributed by atoms with E-state index in [0.717, 1.165) is 32.3 Å². The van der Waals surface area contributed by atoms with Gasteiger partial charge < -0.3 is 9.84 Å². The topological polar surface area (TPSA) is 42.4 Å². The summed E-state index contributed by atoms with van der Waals surface area (Å²) in [6, 6.07) is 3.99. The van der Waals surface area contributed by atoms with E-state index < -0.39 is 6.10 Å². The van der Waals surface area contributed by atoms with Crippen LogP contribution < -0.4 is 4.74 Å². The summed E-state index contributed by atoms with van der Waals surface area (Å²) in [6.45, 7) is 5.94. The Labute approximate surface area is 111 Å². The summed E-state index contributed by atoms with van der Waals surface area (Å²) in [4.78, 5) is 5.03. The lowest BCUT2D eigenvalue weighted by molar-refractivity contribution is 0.217. The number of methoxy groups -OCH3 is 1. The predicted molar refractivity (Wildman–Crippen MR) is 73.4 cm³/mol. The SMILES string of the molecule is COc1cc(C)cc(C)c1C(O)c1cnc(C)s1. The molecular formula is C14H17NO2S. The molecule has 1 unspecified atom stereocenters. The van der Waals surface area contributed by atoms with Gasteiger partial charge in [-0.1, -0.05) is 6.07 Å². The first kappa shape index (κ1) is 13.1. The lowest BCUT2D eigenvalue weighted by Crippen LogP contribution is -2.04. The van der Waals surface area contributed by atoms with Crippen molar-refractivity contribution < 1.29 is 9.84 Å². The van der Waals surface area contributed by atoms with Crippen LogP contribution in [0, 0.1) is 20.8 Å². The second-order valence-corrected chi connectivity index (χ2v) is 5.65. The highest BCUT2D eigenvalue weighted by Crippen LogP contribution is 2.35. The first-order chi connectivity index (χ1) is 8.52. The molecule has 0 fully saturated rings. The van der Waals surface area contributed by atoms with Gasteiger partial charge in [0.1, 0.15) is 11.9 Å². The molecule has 0 aliphatic rings. The number of nitrogens with zero attached hydrogens (tertiary/aromatic N) is 1. The van der Waals surface area contributed by atoms with Crippen LogP contribution in [0.15, 0.2) is 18.3 Å². The summed E-state index contributed by atoms with van der Waals surface area (Å²) < 4.78 is 5.38. The molecule has 2 aromatic rings. The number of rotatable bonds is 3. The normalized spacial score (nSPS) is 12.5. The number of aliphatic hydroxyl groups is 1. The lowest BCUT2D eigenvalue weighted by atomic mass is 9.99. The van der Waals surface area contributed by atoms with Crippen molar-refractivity contribution in [3.63, 3.8) is 0 Å². The molecular weight excluding hydrogens is 246 g/mol. The Hall–Kier alpha value is -1.39. The van der Waals surface area contributed by atoms with Crippen LogP contribution in [0.5, 0.6) is 5.75 Å². The van der Waals surface area contributed by atoms with Crippen molar-refractivity contribution in [2.45, 2.75) is 26.9 Å². The second-order valence-electron chi connectivity index (χ2n) is 4.38. The van der Waals surface area contributed by atoms with E-state index >= 15 is 0 Å². The quantitative estimate of drug-likeness (QED) is 0.925. The zero-order chi connectivity index (χ0) is 13.3. The van der Waals surface area contributed by atoms with Crippen molar-refractivity contribution in [2.75, 3.05) is 7.11 Å². The Balaban J connectivity index is 2.50. The van der Waals surface area contributed by atoms with E-state index in [9.17, 15) is 5.11 Å². The van der Waals surface area contributed by atoms with Crippen molar-refractivity contribution in [2.24, 2.45) is 0 Å². The van der Waals surface area contributed by atoms with Crippen molar-refractivity contribution in [3.05, 3.63) is 44.9 Å². The minimum atomic E-state index is -0.674. The Morgan fingerprint density at radius 2 is 2.00 bits per heavy atom. The van der Waals surface area contributed by atoms with Crippen LogP contribution >= 0.6 is 11.3 Å². The maximum atomic E-state index is 10.5. The Bertz CT molecular complexity index is 563. The van der Waals surface area contributed by atoms with Crippen LogP contribution in [0.25, 0.3) is 0 Å². The third-order valence-corrected chi connectivity index (χ3v) is 3.86. The smallest absolute Gasteiger partial charge is 0.125 e. The van der Waals surface area contributed by atoms with Gasteiger partial charge in [-0.15, -0.1) is 11.3 Å². The highest BCUT2D eigenvalue weighted by Gasteiger charge is 2.20. The average molecular weight is 263 g/mol. The predicted octanol–water partition coefficient (Wildman–Crippen LogP) is 3.16. The maximum Gasteiger partial charge on any atom is 0.125 e. The van der Waals surface area contributed by atoms with Gasteiger partial charge in [0.05, 0.1) is 17.0 Å². The van der Waals surface area contributed by atoms with Crippen LogP contribution in [-0.4, -0.2) is 17.2 Å². The van der Waals surface area contributed by atoms with Gasteiger partial charge in [0.25, 0.3) is 0 Å². The standard InChI is InChI=1S/C14H17NO2S/c1-8-5-9(2)13(11(6-8)17-4)14(16)12-7-15-10(3)18-12/h5-7,14,16H,1-4H3. The monoisotopic (exact) mass is 263 g/mol. The number of benzene rings is 1. The van der Waals surface area contributed by atoms with Gasteiger partial charge in [-0.3, -0.25) is 0 Å². The third kappa shape index (κ3) is 2.40. The molecule has 1 aromatic heterocycles. The van der Waals surface area contributed by atoms with Crippen LogP contribution in [0.1, 0.15) is 32.7 Å². The Kier molecular flexibility index (Phi) is 3.68. The van der Waals surface area contributed by atoms with E-state index in [2.05, 4.69) is 11.1 Å². The van der Waals surface area contributed by atoms with E-state index in [1.807, 2.05) is 26.8 Å². The fraction of sp³-hybridized carbons (Fsp3) is 0.357. The Morgan fingerprint density at radius 3 is 2.56 bits per heavy atom. The first-order valence-corrected chi connectivity index (χ1v) is 6.60. The van der Waals surface area contributed by atoms with E-state index in [4.69, 9.17) is 4.74 Å². The number of aromatic nitrogens is 1. The molecule has 4 heteroatoms. The largest absolute Gasteiger partial charge is 0.496 e. The molecule has 0 amide bonds. The third-order valence-electron chi connectivity index (χ3n) is 2.90. The van der Waals surface area contributed by atoms with Gasteiger partial charge in [-0.05, 0) is 38.0 Å². The molecule has 0 saturated heterocycles. The molecule has 0 aliphatic heterocycles. The number of ether oxygens (including phenoxy) is 1. The van der Waals surface area contributed by atoms with Gasteiger partial charge in [-0.25, -0.2) is 4.98 Å². The minimum absolute atomic E-state index is 0.674. The molecule has 96 valence electrons. The molecule has 0 saturated carbocycles. The molecule has 3 nitrogen and oxygen atoms in total. The molecule has 0 aliphatic carbocycles. The molecule has 2 rings (SSSR count). The molecule has 18 heavy (non-hydrogen) atoms. The summed E-state index contributed by atoms with van der Waals surface area (Å²) in [5.74, 6) is 0.728. The zero-order valence-electron chi connectivity index (χ0n) is 11.0. The van der Waals surface area contributed by atoms with E-state index in [1.165, 1.54) is 11.3 Å². The summed E-state index contributed by atoms with van der Waals surface area (Å²) >= 11 is 1.51. The minimum Gasteiger partial charge on any atom is -0.496 e. The van der Waals surface area contributed by atoms with Crippen molar-refractivity contribution >= 4 is 11.3 Å². The fourth-order valence-electron chi connectivity index (χ4n) is 2.11. The summed E-state index contributed by atoms with van der Waals surface area (Å²) in [6.07, 6.45) is 1.05. The molecule has 0 bridgehead atoms. The van der Waals surface area contributed by atoms with Crippen molar-refractivity contribution in [1.82, 2.24) is 4.98 Å². The van der Waals surface area contributed by atoms with Gasteiger partial charge in [0, 0.05) is 11.8 Å². The summed E-state index contributed by atoms with van der Waals surface area (Å²) in [5.41, 5.74) is 2.98. The number of hydrogen-bond acceptors (Lipinski definition) is 4. The van der Waals surface area contributed by atoms with E-state index in [-0.39, 0.29) is 0 Å². The number of aryl methyl sites for hydroxylation is 3. The van der Waals surface area contributed by atoms with Crippen LogP contribution in [-0.2, 0) is 0 Å². The summed E-state index contributed by atoms with van der Waals surface area (Å²) in [5, 5.41) is 11.4. The molecule has 1 N–H and O–H groups in total. The highest BCUT2D eigenvalue weighted by molar-refractivity contribution is 7.11. The van der Waals surface area contributed by atoms with E-state index in [0.29, 0.717) is 0 Å². The first-order valence-electron chi connectivity index (χ1n) is 5.78. The van der Waals surface area contributed by atoms with Crippen molar-refractivity contribution in [1.29, 1.82) is 0 Å². The molecule has 1 aromatic carbocycles. The van der Waals surface area contributed by atoms with Crippen molar-refractivity contribution in [3.8, 4) is 5.75 Å². The van der Waals surface area contributed by atoms with Gasteiger partial charge in [0.15, 0.2) is 0 Å². The zero-order valence-corrected chi connectivity index (χ0v) is 11.8. The van der Waals surface area contributed by atoms with Crippen LogP contribution in [0.2, 0.25) is 0 Å². The Morgan fingerprint density at radius 1 is 1.28 bits per heavy atom. The summed E-state index contributed by atoms with van der Waals surface area (Å²) in [7, 11) is 1.63. The molecule has 1 atom stereocenters. The maximum absolute atomic E-state index is 10.5. The second kappa shape index (κ2) is 5.08. The average Bonchev–Trinajstić information content (AvgIpc) is 2.74.